The molecule has 1 amide bonds. The summed E-state index contributed by atoms with van der Waals surface area (Å²) in [5.41, 5.74) is -0.263. The van der Waals surface area contributed by atoms with E-state index in [4.69, 9.17) is 0 Å². The molecule has 0 fully saturated rings. The number of H-pyrrole nitrogens is 2. The van der Waals surface area contributed by atoms with E-state index in [9.17, 15) is 9.59 Å². The van der Waals surface area contributed by atoms with E-state index in [1.807, 2.05) is 13.8 Å². The molecule has 0 aliphatic carbocycles. The first-order valence-electron chi connectivity index (χ1n) is 4.22. The molecule has 1 atom stereocenters. The molecule has 13 heavy (non-hydrogen) atoms. The van der Waals surface area contributed by atoms with E-state index in [-0.39, 0.29) is 23.1 Å². The van der Waals surface area contributed by atoms with E-state index in [0.717, 1.165) is 6.42 Å². The van der Waals surface area contributed by atoms with Gasteiger partial charge in [0.2, 0.25) is 0 Å². The molecule has 0 aromatic carbocycles. The third-order valence-corrected chi connectivity index (χ3v) is 1.88. The molecule has 1 rings (SSSR count). The Hall–Kier alpha value is -1.52. The predicted molar refractivity (Wildman–Crippen MR) is 48.6 cm³/mol. The topological polar surface area (TPSA) is 77.8 Å². The van der Waals surface area contributed by atoms with Crippen molar-refractivity contribution in [1.29, 1.82) is 0 Å². The Bertz CT molecular complexity index is 339. The lowest BCUT2D eigenvalue weighted by Gasteiger charge is -2.08. The van der Waals surface area contributed by atoms with E-state index in [0.29, 0.717) is 0 Å². The zero-order valence-corrected chi connectivity index (χ0v) is 7.68. The van der Waals surface area contributed by atoms with Gasteiger partial charge in [-0.05, 0) is 13.3 Å². The Balaban J connectivity index is 2.70. The van der Waals surface area contributed by atoms with Gasteiger partial charge in [-0.2, -0.15) is 0 Å². The number of rotatable bonds is 3. The van der Waals surface area contributed by atoms with Crippen LogP contribution in [0, 0.1) is 0 Å². The van der Waals surface area contributed by atoms with Gasteiger partial charge >= 0.3 is 0 Å². The summed E-state index contributed by atoms with van der Waals surface area (Å²) in [5.74, 6) is -0.336. The van der Waals surface area contributed by atoms with Crippen molar-refractivity contribution >= 4 is 5.91 Å². The molecule has 0 spiro atoms. The van der Waals surface area contributed by atoms with Gasteiger partial charge in [0, 0.05) is 12.2 Å². The van der Waals surface area contributed by atoms with Gasteiger partial charge in [-0.25, -0.2) is 0 Å². The number of hydrogen-bond acceptors (Lipinski definition) is 2. The van der Waals surface area contributed by atoms with Crippen molar-refractivity contribution < 1.29 is 4.79 Å². The third-order valence-electron chi connectivity index (χ3n) is 1.88. The second kappa shape index (κ2) is 3.93. The van der Waals surface area contributed by atoms with Crippen LogP contribution in [0.2, 0.25) is 0 Å². The highest BCUT2D eigenvalue weighted by atomic mass is 16.2. The molecule has 0 aliphatic rings. The van der Waals surface area contributed by atoms with Gasteiger partial charge in [-0.15, -0.1) is 0 Å². The Morgan fingerprint density at radius 1 is 1.69 bits per heavy atom. The fourth-order valence-electron chi connectivity index (χ4n) is 0.879. The molecule has 3 N–H and O–H groups in total. The quantitative estimate of drug-likeness (QED) is 0.627. The van der Waals surface area contributed by atoms with Crippen molar-refractivity contribution in [1.82, 2.24) is 15.5 Å². The molecular formula is C8H13N3O2. The number of aromatic nitrogens is 2. The van der Waals surface area contributed by atoms with E-state index in [2.05, 4.69) is 15.5 Å². The number of hydrogen-bond donors (Lipinski definition) is 3. The number of carbonyl (C=O) groups is 1. The summed E-state index contributed by atoms with van der Waals surface area (Å²) in [7, 11) is 0. The molecule has 5 heteroatoms. The van der Waals surface area contributed by atoms with Crippen molar-refractivity contribution in [3.8, 4) is 0 Å². The Morgan fingerprint density at radius 2 is 2.38 bits per heavy atom. The highest BCUT2D eigenvalue weighted by Gasteiger charge is 2.12. The molecule has 0 aliphatic heterocycles. The van der Waals surface area contributed by atoms with E-state index in [1.54, 1.807) is 0 Å². The summed E-state index contributed by atoms with van der Waals surface area (Å²) in [6.45, 7) is 3.85. The van der Waals surface area contributed by atoms with Gasteiger partial charge < -0.3 is 10.4 Å². The molecular weight excluding hydrogens is 170 g/mol. The van der Waals surface area contributed by atoms with Crippen LogP contribution in [-0.4, -0.2) is 22.1 Å². The summed E-state index contributed by atoms with van der Waals surface area (Å²) in [5, 5.41) is 7.47. The summed E-state index contributed by atoms with van der Waals surface area (Å²) < 4.78 is 0. The van der Waals surface area contributed by atoms with E-state index in [1.165, 1.54) is 6.20 Å². The summed E-state index contributed by atoms with van der Waals surface area (Å²) in [6.07, 6.45) is 2.20. The maximum Gasteiger partial charge on any atom is 0.276 e. The molecule has 1 heterocycles. The second-order valence-corrected chi connectivity index (χ2v) is 2.94. The average molecular weight is 183 g/mol. The molecule has 5 nitrogen and oxygen atoms in total. The van der Waals surface area contributed by atoms with Gasteiger partial charge in [0.15, 0.2) is 0 Å². The summed E-state index contributed by atoms with van der Waals surface area (Å²) >= 11 is 0. The SMILES string of the molecule is CCC(C)NC(=O)c1c[nH][nH]c1=O. The van der Waals surface area contributed by atoms with Crippen LogP contribution in [0.1, 0.15) is 30.6 Å². The summed E-state index contributed by atoms with van der Waals surface area (Å²) in [6, 6.07) is 0.0850. The maximum absolute atomic E-state index is 11.3. The first-order chi connectivity index (χ1) is 6.15. The predicted octanol–water partition coefficient (Wildman–Crippen LogP) is 0.231. The minimum Gasteiger partial charge on any atom is -0.349 e. The Labute approximate surface area is 75.5 Å². The van der Waals surface area contributed by atoms with Gasteiger partial charge in [0.1, 0.15) is 5.56 Å². The van der Waals surface area contributed by atoms with Gasteiger partial charge in [0.25, 0.3) is 11.5 Å². The lowest BCUT2D eigenvalue weighted by Crippen LogP contribution is -2.34. The molecule has 0 saturated carbocycles. The van der Waals surface area contributed by atoms with Crippen LogP contribution in [-0.2, 0) is 0 Å². The fourth-order valence-corrected chi connectivity index (χ4v) is 0.879. The number of nitrogens with one attached hydrogen (secondary N) is 3. The molecule has 1 aromatic heterocycles. The summed E-state index contributed by atoms with van der Waals surface area (Å²) in [4.78, 5) is 22.3. The molecule has 1 aromatic rings. The minimum absolute atomic E-state index is 0.0850. The zero-order chi connectivity index (χ0) is 9.84. The van der Waals surface area contributed by atoms with Crippen LogP contribution in [0.4, 0.5) is 0 Å². The monoisotopic (exact) mass is 183 g/mol. The van der Waals surface area contributed by atoms with E-state index >= 15 is 0 Å². The van der Waals surface area contributed by atoms with Crippen LogP contribution >= 0.6 is 0 Å². The zero-order valence-electron chi connectivity index (χ0n) is 7.68. The van der Waals surface area contributed by atoms with Crippen LogP contribution < -0.4 is 10.9 Å². The van der Waals surface area contributed by atoms with Crippen LogP contribution in [0.15, 0.2) is 11.0 Å². The number of aromatic amines is 2. The molecule has 0 saturated heterocycles. The first-order valence-corrected chi connectivity index (χ1v) is 4.22. The number of carbonyl (C=O) groups excluding carboxylic acids is 1. The van der Waals surface area contributed by atoms with Crippen molar-refractivity contribution in [2.75, 3.05) is 0 Å². The van der Waals surface area contributed by atoms with E-state index < -0.39 is 0 Å². The highest BCUT2D eigenvalue weighted by molar-refractivity contribution is 5.93. The van der Waals surface area contributed by atoms with Crippen LogP contribution in [0.5, 0.6) is 0 Å². The third kappa shape index (κ3) is 2.21. The van der Waals surface area contributed by atoms with Gasteiger partial charge in [-0.3, -0.25) is 14.7 Å². The largest absolute Gasteiger partial charge is 0.349 e. The van der Waals surface area contributed by atoms with Gasteiger partial charge in [0.05, 0.1) is 0 Å². The lowest BCUT2D eigenvalue weighted by atomic mass is 10.2. The first kappa shape index (κ1) is 9.57. The lowest BCUT2D eigenvalue weighted by molar-refractivity contribution is 0.0938. The van der Waals surface area contributed by atoms with Crippen LogP contribution in [0.3, 0.4) is 0 Å². The molecule has 72 valence electrons. The molecule has 0 bridgehead atoms. The van der Waals surface area contributed by atoms with Crippen molar-refractivity contribution in [3.63, 3.8) is 0 Å². The Kier molecular flexibility index (Phi) is 2.89. The second-order valence-electron chi connectivity index (χ2n) is 2.94. The minimum atomic E-state index is -0.388. The highest BCUT2D eigenvalue weighted by Crippen LogP contribution is 1.92. The average Bonchev–Trinajstić information content (AvgIpc) is 2.51. The van der Waals surface area contributed by atoms with Crippen molar-refractivity contribution in [3.05, 3.63) is 22.1 Å². The van der Waals surface area contributed by atoms with Crippen molar-refractivity contribution in [2.45, 2.75) is 26.3 Å². The Morgan fingerprint density at radius 3 is 2.85 bits per heavy atom. The fraction of sp³-hybridized carbons (Fsp3) is 0.500. The number of amides is 1. The molecule has 0 radical (unpaired) electrons. The van der Waals surface area contributed by atoms with Crippen molar-refractivity contribution in [2.24, 2.45) is 0 Å². The van der Waals surface area contributed by atoms with Gasteiger partial charge in [-0.1, -0.05) is 6.92 Å². The smallest absolute Gasteiger partial charge is 0.276 e. The standard InChI is InChI=1S/C8H13N3O2/c1-3-5(2)10-7(12)6-4-9-11-8(6)13/h4-5H,3H2,1-2H3,(H,10,12)(H2,9,11,13). The normalized spacial score (nSPS) is 12.5. The van der Waals surface area contributed by atoms with Crippen LogP contribution in [0.25, 0.3) is 0 Å². The molecule has 1 unspecified atom stereocenters. The maximum atomic E-state index is 11.3.